The quantitative estimate of drug-likeness (QED) is 0.906. The summed E-state index contributed by atoms with van der Waals surface area (Å²) in [6, 6.07) is 12.2. The van der Waals surface area contributed by atoms with Gasteiger partial charge in [0.2, 0.25) is 0 Å². The van der Waals surface area contributed by atoms with Crippen LogP contribution in [0.4, 0.5) is 0 Å². The number of carboxylic acid groups (broad SMARTS) is 1. The van der Waals surface area contributed by atoms with Gasteiger partial charge in [-0.2, -0.15) is 0 Å². The van der Waals surface area contributed by atoms with Gasteiger partial charge in [0, 0.05) is 0 Å². The smallest absolute Gasteiger partial charge is 0.311 e. The van der Waals surface area contributed by atoms with Crippen LogP contribution < -0.4 is 0 Å². The Kier molecular flexibility index (Phi) is 4.46. The van der Waals surface area contributed by atoms with Crippen LogP contribution in [0.2, 0.25) is 0 Å². The fourth-order valence-electron chi connectivity index (χ4n) is 2.71. The number of carboxylic acids is 1. The molecule has 0 saturated carbocycles. The Morgan fingerprint density at radius 1 is 0.952 bits per heavy atom. The molecule has 0 bridgehead atoms. The molecule has 2 nitrogen and oxygen atoms in total. The molecule has 0 spiro atoms. The second-order valence-electron chi connectivity index (χ2n) is 5.88. The van der Waals surface area contributed by atoms with Crippen molar-refractivity contribution in [1.29, 1.82) is 0 Å². The molecule has 0 fully saturated rings. The molecule has 21 heavy (non-hydrogen) atoms. The molecule has 2 aromatic carbocycles. The molecule has 0 heterocycles. The molecule has 0 aliphatic carbocycles. The summed E-state index contributed by atoms with van der Waals surface area (Å²) in [6.45, 7) is 8.06. The standard InChI is InChI=1S/C19H22O2/c1-12-5-7-14(3)16(9-12)11-18(19(20)21)17-10-13(2)6-8-15(17)4/h5-10,18H,11H2,1-4H3,(H,20,21). The van der Waals surface area contributed by atoms with Gasteiger partial charge in [-0.1, -0.05) is 47.5 Å². The van der Waals surface area contributed by atoms with E-state index >= 15 is 0 Å². The van der Waals surface area contributed by atoms with E-state index in [1.165, 1.54) is 5.56 Å². The summed E-state index contributed by atoms with van der Waals surface area (Å²) in [5.41, 5.74) is 6.49. The van der Waals surface area contributed by atoms with E-state index in [0.717, 1.165) is 27.8 Å². The summed E-state index contributed by atoms with van der Waals surface area (Å²) < 4.78 is 0. The summed E-state index contributed by atoms with van der Waals surface area (Å²) in [7, 11) is 0. The normalized spacial score (nSPS) is 12.2. The van der Waals surface area contributed by atoms with Crippen molar-refractivity contribution in [3.8, 4) is 0 Å². The average Bonchev–Trinajstić information content (AvgIpc) is 2.42. The minimum Gasteiger partial charge on any atom is -0.481 e. The fraction of sp³-hybridized carbons (Fsp3) is 0.316. The van der Waals surface area contributed by atoms with Crippen LogP contribution in [0, 0.1) is 27.7 Å². The Morgan fingerprint density at radius 2 is 1.52 bits per heavy atom. The van der Waals surface area contributed by atoms with Crippen molar-refractivity contribution in [2.24, 2.45) is 0 Å². The lowest BCUT2D eigenvalue weighted by atomic mass is 9.86. The maximum Gasteiger partial charge on any atom is 0.311 e. The van der Waals surface area contributed by atoms with E-state index in [2.05, 4.69) is 18.2 Å². The van der Waals surface area contributed by atoms with Crippen molar-refractivity contribution in [1.82, 2.24) is 0 Å². The molecule has 2 heteroatoms. The molecule has 2 aromatic rings. The molecule has 0 aliphatic heterocycles. The number of aryl methyl sites for hydroxylation is 4. The van der Waals surface area contributed by atoms with Crippen molar-refractivity contribution in [2.75, 3.05) is 0 Å². The number of benzene rings is 2. The molecule has 2 rings (SSSR count). The molecule has 110 valence electrons. The number of carbonyl (C=O) groups is 1. The molecule has 0 amide bonds. The Bertz CT molecular complexity index is 671. The first-order valence-electron chi connectivity index (χ1n) is 7.24. The predicted octanol–water partition coefficient (Wildman–Crippen LogP) is 4.33. The number of rotatable bonds is 4. The lowest BCUT2D eigenvalue weighted by molar-refractivity contribution is -0.138. The van der Waals surface area contributed by atoms with Gasteiger partial charge in [0.15, 0.2) is 0 Å². The largest absolute Gasteiger partial charge is 0.481 e. The number of hydrogen-bond donors (Lipinski definition) is 1. The van der Waals surface area contributed by atoms with Crippen LogP contribution in [0.1, 0.15) is 39.3 Å². The van der Waals surface area contributed by atoms with E-state index in [4.69, 9.17) is 0 Å². The van der Waals surface area contributed by atoms with Crippen molar-refractivity contribution in [2.45, 2.75) is 40.0 Å². The maximum absolute atomic E-state index is 11.8. The molecule has 1 unspecified atom stereocenters. The second kappa shape index (κ2) is 6.13. The van der Waals surface area contributed by atoms with E-state index in [0.29, 0.717) is 6.42 Å². The number of aliphatic carboxylic acids is 1. The molecule has 0 aromatic heterocycles. The highest BCUT2D eigenvalue weighted by molar-refractivity contribution is 5.77. The zero-order valence-corrected chi connectivity index (χ0v) is 13.1. The Balaban J connectivity index is 2.42. The fourth-order valence-corrected chi connectivity index (χ4v) is 2.71. The zero-order chi connectivity index (χ0) is 15.6. The van der Waals surface area contributed by atoms with Crippen LogP contribution in [0.3, 0.4) is 0 Å². The van der Waals surface area contributed by atoms with Crippen LogP contribution in [0.15, 0.2) is 36.4 Å². The zero-order valence-electron chi connectivity index (χ0n) is 13.1. The first-order valence-corrected chi connectivity index (χ1v) is 7.24. The van der Waals surface area contributed by atoms with Crippen molar-refractivity contribution in [3.05, 3.63) is 69.8 Å². The van der Waals surface area contributed by atoms with Crippen molar-refractivity contribution >= 4 is 5.97 Å². The molecule has 1 atom stereocenters. The third kappa shape index (κ3) is 3.52. The first-order chi connectivity index (χ1) is 9.88. The van der Waals surface area contributed by atoms with E-state index in [1.807, 2.05) is 45.9 Å². The van der Waals surface area contributed by atoms with Gasteiger partial charge in [-0.25, -0.2) is 0 Å². The number of hydrogen-bond acceptors (Lipinski definition) is 1. The highest BCUT2D eigenvalue weighted by Crippen LogP contribution is 2.27. The topological polar surface area (TPSA) is 37.3 Å². The summed E-state index contributed by atoms with van der Waals surface area (Å²) in [6.07, 6.45) is 0.535. The summed E-state index contributed by atoms with van der Waals surface area (Å²) in [5, 5.41) is 9.66. The second-order valence-corrected chi connectivity index (χ2v) is 5.88. The van der Waals surface area contributed by atoms with Gasteiger partial charge in [0.1, 0.15) is 0 Å². The van der Waals surface area contributed by atoms with Gasteiger partial charge in [0.05, 0.1) is 5.92 Å². The summed E-state index contributed by atoms with van der Waals surface area (Å²) in [5.74, 6) is -1.25. The maximum atomic E-state index is 11.8. The molecule has 0 saturated heterocycles. The minimum atomic E-state index is -0.760. The van der Waals surface area contributed by atoms with Crippen LogP contribution in [-0.4, -0.2) is 11.1 Å². The monoisotopic (exact) mass is 282 g/mol. The van der Waals surface area contributed by atoms with Gasteiger partial charge in [-0.05, 0) is 56.4 Å². The van der Waals surface area contributed by atoms with Crippen molar-refractivity contribution in [3.63, 3.8) is 0 Å². The molecule has 1 N–H and O–H groups in total. The molecule has 0 radical (unpaired) electrons. The van der Waals surface area contributed by atoms with E-state index in [-0.39, 0.29) is 0 Å². The van der Waals surface area contributed by atoms with Gasteiger partial charge in [-0.15, -0.1) is 0 Å². The lowest BCUT2D eigenvalue weighted by Gasteiger charge is -2.18. The van der Waals surface area contributed by atoms with Gasteiger partial charge in [0.25, 0.3) is 0 Å². The average molecular weight is 282 g/mol. The van der Waals surface area contributed by atoms with Crippen LogP contribution in [-0.2, 0) is 11.2 Å². The first kappa shape index (κ1) is 15.3. The van der Waals surface area contributed by atoms with E-state index in [9.17, 15) is 9.90 Å². The van der Waals surface area contributed by atoms with Crippen molar-refractivity contribution < 1.29 is 9.90 Å². The van der Waals surface area contributed by atoms with E-state index in [1.54, 1.807) is 0 Å². The highest BCUT2D eigenvalue weighted by atomic mass is 16.4. The van der Waals surface area contributed by atoms with Gasteiger partial charge < -0.3 is 5.11 Å². The molecular formula is C19H22O2. The third-order valence-electron chi connectivity index (χ3n) is 4.04. The Morgan fingerprint density at radius 3 is 2.14 bits per heavy atom. The van der Waals surface area contributed by atoms with Crippen LogP contribution in [0.5, 0.6) is 0 Å². The van der Waals surface area contributed by atoms with Crippen LogP contribution >= 0.6 is 0 Å². The van der Waals surface area contributed by atoms with Gasteiger partial charge >= 0.3 is 5.97 Å². The van der Waals surface area contributed by atoms with E-state index < -0.39 is 11.9 Å². The lowest BCUT2D eigenvalue weighted by Crippen LogP contribution is -2.16. The summed E-state index contributed by atoms with van der Waals surface area (Å²) in [4.78, 5) is 11.8. The Hall–Kier alpha value is -2.09. The molecular weight excluding hydrogens is 260 g/mol. The van der Waals surface area contributed by atoms with Crippen LogP contribution in [0.25, 0.3) is 0 Å². The molecule has 0 aliphatic rings. The summed E-state index contributed by atoms with van der Waals surface area (Å²) >= 11 is 0. The third-order valence-corrected chi connectivity index (χ3v) is 4.04. The highest BCUT2D eigenvalue weighted by Gasteiger charge is 2.23. The predicted molar refractivity (Wildman–Crippen MR) is 85.9 cm³/mol. The minimum absolute atomic E-state index is 0.495. The Labute approximate surface area is 126 Å². The van der Waals surface area contributed by atoms with Gasteiger partial charge in [-0.3, -0.25) is 4.79 Å². The SMILES string of the molecule is Cc1ccc(C)c(CC(C(=O)O)c2cc(C)ccc2C)c1.